The van der Waals surface area contributed by atoms with Gasteiger partial charge in [-0.2, -0.15) is 0 Å². The maximum Gasteiger partial charge on any atom is 0.119 e. The van der Waals surface area contributed by atoms with Crippen LogP contribution in [0.15, 0.2) is 24.3 Å². The van der Waals surface area contributed by atoms with Crippen molar-refractivity contribution in [2.24, 2.45) is 5.73 Å². The molecule has 1 atom stereocenters. The van der Waals surface area contributed by atoms with E-state index in [0.29, 0.717) is 0 Å². The predicted octanol–water partition coefficient (Wildman–Crippen LogP) is 2.72. The number of aryl methyl sites for hydroxylation is 1. The van der Waals surface area contributed by atoms with Crippen molar-refractivity contribution in [1.82, 2.24) is 4.57 Å². The third kappa shape index (κ3) is 1.94. The minimum atomic E-state index is 0.157. The lowest BCUT2D eigenvalue weighted by Gasteiger charge is -2.14. The number of aromatic nitrogens is 1. The number of hydrogen-bond acceptors (Lipinski definition) is 2. The molecular weight excluding hydrogens is 236 g/mol. The average molecular weight is 256 g/mol. The third-order valence-electron chi connectivity index (χ3n) is 3.81. The highest BCUT2D eigenvalue weighted by atomic mass is 16.5. The highest BCUT2D eigenvalue weighted by Gasteiger charge is 2.24. The van der Waals surface area contributed by atoms with Crippen LogP contribution < -0.4 is 10.5 Å². The summed E-state index contributed by atoms with van der Waals surface area (Å²) in [7, 11) is 1.71. The molecule has 1 aromatic heterocycles. The fourth-order valence-corrected chi connectivity index (χ4v) is 2.99. The summed E-state index contributed by atoms with van der Waals surface area (Å²) in [6, 6.07) is 8.78. The standard InChI is InChI=1S/C16H20N2O/c1-10(17)9-18-11(2)6-13-7-12-4-5-14(19-3)8-15(12)16(13)18/h4-6,8,10H,7,9,17H2,1-3H3/t10-/m1/s1. The van der Waals surface area contributed by atoms with E-state index in [1.165, 1.54) is 28.1 Å². The van der Waals surface area contributed by atoms with Gasteiger partial charge in [-0.15, -0.1) is 0 Å². The first kappa shape index (κ1) is 12.3. The molecule has 3 nitrogen and oxygen atoms in total. The van der Waals surface area contributed by atoms with Crippen molar-refractivity contribution in [2.75, 3.05) is 7.11 Å². The molecule has 100 valence electrons. The van der Waals surface area contributed by atoms with Crippen molar-refractivity contribution in [3.8, 4) is 17.0 Å². The fourth-order valence-electron chi connectivity index (χ4n) is 2.99. The van der Waals surface area contributed by atoms with Crippen molar-refractivity contribution in [1.29, 1.82) is 0 Å². The maximum absolute atomic E-state index is 5.98. The maximum atomic E-state index is 5.98. The zero-order chi connectivity index (χ0) is 13.6. The molecule has 1 heterocycles. The summed E-state index contributed by atoms with van der Waals surface area (Å²) in [5.74, 6) is 0.915. The van der Waals surface area contributed by atoms with Crippen LogP contribution in [0.3, 0.4) is 0 Å². The second kappa shape index (κ2) is 4.42. The van der Waals surface area contributed by atoms with Crippen molar-refractivity contribution >= 4 is 0 Å². The molecule has 0 saturated heterocycles. The van der Waals surface area contributed by atoms with E-state index in [0.717, 1.165) is 18.7 Å². The molecule has 3 heteroatoms. The van der Waals surface area contributed by atoms with E-state index < -0.39 is 0 Å². The van der Waals surface area contributed by atoms with Gasteiger partial charge in [-0.3, -0.25) is 0 Å². The van der Waals surface area contributed by atoms with Gasteiger partial charge in [-0.1, -0.05) is 6.07 Å². The summed E-state index contributed by atoms with van der Waals surface area (Å²) < 4.78 is 7.69. The van der Waals surface area contributed by atoms with Crippen molar-refractivity contribution in [3.63, 3.8) is 0 Å². The largest absolute Gasteiger partial charge is 0.497 e. The van der Waals surface area contributed by atoms with E-state index in [4.69, 9.17) is 10.5 Å². The van der Waals surface area contributed by atoms with E-state index in [1.54, 1.807) is 7.11 Å². The second-order valence-electron chi connectivity index (χ2n) is 5.45. The molecule has 0 fully saturated rings. The number of benzene rings is 1. The van der Waals surface area contributed by atoms with Gasteiger partial charge in [0.1, 0.15) is 5.75 Å². The molecule has 0 bridgehead atoms. The molecule has 0 amide bonds. The Bertz CT molecular complexity index is 626. The van der Waals surface area contributed by atoms with Crippen LogP contribution in [-0.4, -0.2) is 17.7 Å². The van der Waals surface area contributed by atoms with Crippen LogP contribution in [0, 0.1) is 6.92 Å². The summed E-state index contributed by atoms with van der Waals surface area (Å²) >= 11 is 0. The first-order valence-electron chi connectivity index (χ1n) is 6.72. The Morgan fingerprint density at radius 3 is 2.79 bits per heavy atom. The molecule has 0 saturated carbocycles. The Morgan fingerprint density at radius 1 is 1.32 bits per heavy atom. The van der Waals surface area contributed by atoms with Gasteiger partial charge >= 0.3 is 0 Å². The topological polar surface area (TPSA) is 40.2 Å². The number of rotatable bonds is 3. The van der Waals surface area contributed by atoms with Crippen LogP contribution in [0.2, 0.25) is 0 Å². The number of ether oxygens (including phenoxy) is 1. The normalized spacial score (nSPS) is 14.1. The van der Waals surface area contributed by atoms with E-state index in [2.05, 4.69) is 29.7 Å². The predicted molar refractivity (Wildman–Crippen MR) is 77.6 cm³/mol. The van der Waals surface area contributed by atoms with Crippen molar-refractivity contribution in [3.05, 3.63) is 41.1 Å². The molecule has 19 heavy (non-hydrogen) atoms. The van der Waals surface area contributed by atoms with E-state index in [-0.39, 0.29) is 6.04 Å². The second-order valence-corrected chi connectivity index (χ2v) is 5.45. The fraction of sp³-hybridized carbons (Fsp3) is 0.375. The van der Waals surface area contributed by atoms with Gasteiger partial charge in [0.2, 0.25) is 0 Å². The molecule has 2 N–H and O–H groups in total. The minimum absolute atomic E-state index is 0.157. The Labute approximate surface area is 114 Å². The Hall–Kier alpha value is -1.74. The number of nitrogens with zero attached hydrogens (tertiary/aromatic N) is 1. The lowest BCUT2D eigenvalue weighted by molar-refractivity contribution is 0.415. The van der Waals surface area contributed by atoms with Gasteiger partial charge in [0, 0.05) is 30.3 Å². The first-order chi connectivity index (χ1) is 9.10. The monoisotopic (exact) mass is 256 g/mol. The van der Waals surface area contributed by atoms with Gasteiger partial charge in [0.05, 0.1) is 12.8 Å². The molecular formula is C16H20N2O. The number of nitrogens with two attached hydrogens (primary N) is 1. The molecule has 3 rings (SSSR count). The molecule has 2 aromatic rings. The van der Waals surface area contributed by atoms with Gasteiger partial charge in [-0.05, 0) is 43.2 Å². The SMILES string of the molecule is COc1ccc2c(c1)-c1c(cc(C)n1C[C@@H](C)N)C2. The Morgan fingerprint density at radius 2 is 2.11 bits per heavy atom. The third-order valence-corrected chi connectivity index (χ3v) is 3.81. The Kier molecular flexibility index (Phi) is 2.86. The highest BCUT2D eigenvalue weighted by Crippen LogP contribution is 2.40. The van der Waals surface area contributed by atoms with E-state index in [9.17, 15) is 0 Å². The highest BCUT2D eigenvalue weighted by molar-refractivity contribution is 5.76. The van der Waals surface area contributed by atoms with Crippen LogP contribution in [0.25, 0.3) is 11.3 Å². The van der Waals surface area contributed by atoms with Crippen LogP contribution >= 0.6 is 0 Å². The lowest BCUT2D eigenvalue weighted by atomic mass is 10.1. The summed E-state index contributed by atoms with van der Waals surface area (Å²) in [5, 5.41) is 0. The smallest absolute Gasteiger partial charge is 0.119 e. The summed E-state index contributed by atoms with van der Waals surface area (Å²) in [5.41, 5.74) is 12.7. The molecule has 0 unspecified atom stereocenters. The molecule has 1 aromatic carbocycles. The van der Waals surface area contributed by atoms with Crippen LogP contribution in [0.1, 0.15) is 23.7 Å². The Balaban J connectivity index is 2.14. The number of hydrogen-bond donors (Lipinski definition) is 1. The molecule has 1 aliphatic rings. The zero-order valence-electron chi connectivity index (χ0n) is 11.7. The molecule has 0 aliphatic heterocycles. The van der Waals surface area contributed by atoms with E-state index >= 15 is 0 Å². The van der Waals surface area contributed by atoms with Gasteiger partial charge in [-0.25, -0.2) is 0 Å². The van der Waals surface area contributed by atoms with Crippen LogP contribution in [-0.2, 0) is 13.0 Å². The average Bonchev–Trinajstić information content (AvgIpc) is 2.85. The quantitative estimate of drug-likeness (QED) is 0.782. The van der Waals surface area contributed by atoms with Crippen LogP contribution in [0.5, 0.6) is 5.75 Å². The van der Waals surface area contributed by atoms with Gasteiger partial charge < -0.3 is 15.0 Å². The number of fused-ring (bicyclic) bond motifs is 3. The summed E-state index contributed by atoms with van der Waals surface area (Å²) in [4.78, 5) is 0. The number of methoxy groups -OCH3 is 1. The van der Waals surface area contributed by atoms with E-state index in [1.807, 2.05) is 13.0 Å². The molecule has 0 spiro atoms. The van der Waals surface area contributed by atoms with Gasteiger partial charge in [0.15, 0.2) is 0 Å². The first-order valence-corrected chi connectivity index (χ1v) is 6.72. The minimum Gasteiger partial charge on any atom is -0.497 e. The lowest BCUT2D eigenvalue weighted by Crippen LogP contribution is -2.23. The zero-order valence-corrected chi connectivity index (χ0v) is 11.7. The summed E-state index contributed by atoms with van der Waals surface area (Å²) in [6.07, 6.45) is 1.02. The molecule has 0 radical (unpaired) electrons. The van der Waals surface area contributed by atoms with Gasteiger partial charge in [0.25, 0.3) is 0 Å². The summed E-state index contributed by atoms with van der Waals surface area (Å²) in [6.45, 7) is 5.06. The van der Waals surface area contributed by atoms with Crippen molar-refractivity contribution < 1.29 is 4.74 Å². The molecule has 1 aliphatic carbocycles. The van der Waals surface area contributed by atoms with Crippen molar-refractivity contribution in [2.45, 2.75) is 32.9 Å². The van der Waals surface area contributed by atoms with Crippen LogP contribution in [0.4, 0.5) is 0 Å².